The number of imide groups is 1. The maximum Gasteiger partial charge on any atom is 0.313 e. The van der Waals surface area contributed by atoms with Crippen LogP contribution in [0.2, 0.25) is 0 Å². The minimum atomic E-state index is -0.805. The van der Waals surface area contributed by atoms with Crippen molar-refractivity contribution in [1.82, 2.24) is 15.8 Å². The fourth-order valence-electron chi connectivity index (χ4n) is 3.63. The van der Waals surface area contributed by atoms with Gasteiger partial charge in [0.2, 0.25) is 11.8 Å². The van der Waals surface area contributed by atoms with E-state index in [2.05, 4.69) is 21.1 Å². The first kappa shape index (κ1) is 21.2. The Labute approximate surface area is 173 Å². The molecule has 1 aliphatic rings. The van der Waals surface area contributed by atoms with Crippen molar-refractivity contribution < 1.29 is 23.7 Å². The molecule has 1 fully saturated rings. The quantitative estimate of drug-likeness (QED) is 0.505. The Morgan fingerprint density at radius 1 is 1.17 bits per heavy atom. The van der Waals surface area contributed by atoms with Gasteiger partial charge in [-0.25, -0.2) is 0 Å². The molecule has 1 aromatic carbocycles. The Hall–Kier alpha value is -3.49. The van der Waals surface area contributed by atoms with Gasteiger partial charge in [-0.2, -0.15) is 0 Å². The third-order valence-electron chi connectivity index (χ3n) is 5.58. The van der Waals surface area contributed by atoms with Gasteiger partial charge < -0.3 is 15.2 Å². The first-order valence-corrected chi connectivity index (χ1v) is 9.72. The molecule has 9 heteroatoms. The molecule has 0 spiro atoms. The van der Waals surface area contributed by atoms with E-state index in [1.165, 1.54) is 0 Å². The Morgan fingerprint density at radius 3 is 2.43 bits per heavy atom. The van der Waals surface area contributed by atoms with E-state index in [1.807, 2.05) is 6.92 Å². The molecule has 3 rings (SSSR count). The smallest absolute Gasteiger partial charge is 0.313 e. The summed E-state index contributed by atoms with van der Waals surface area (Å²) in [5, 5.41) is 11.3. The van der Waals surface area contributed by atoms with Crippen LogP contribution in [-0.2, 0) is 31.1 Å². The van der Waals surface area contributed by atoms with Crippen LogP contribution in [0, 0.1) is 13.8 Å². The molecule has 0 saturated carbocycles. The number of aromatic nitrogens is 1. The van der Waals surface area contributed by atoms with E-state index in [9.17, 15) is 19.2 Å². The summed E-state index contributed by atoms with van der Waals surface area (Å²) < 4.78 is 5.03. The number of nitrogens with zero attached hydrogens (tertiary/aromatic N) is 1. The first-order chi connectivity index (χ1) is 14.3. The lowest BCUT2D eigenvalue weighted by atomic mass is 9.72. The van der Waals surface area contributed by atoms with Gasteiger partial charge in [0.05, 0.1) is 11.1 Å². The van der Waals surface area contributed by atoms with E-state index in [0.717, 1.165) is 11.1 Å². The predicted octanol–water partition coefficient (Wildman–Crippen LogP) is 1.63. The summed E-state index contributed by atoms with van der Waals surface area (Å²) in [5.74, 6) is -1.58. The molecule has 4 amide bonds. The molecular weight excluding hydrogens is 388 g/mol. The van der Waals surface area contributed by atoms with Crippen molar-refractivity contribution in [3.8, 4) is 0 Å². The molecule has 0 bridgehead atoms. The van der Waals surface area contributed by atoms with Crippen LogP contribution < -0.4 is 16.0 Å². The lowest BCUT2D eigenvalue weighted by Crippen LogP contribution is -2.51. The summed E-state index contributed by atoms with van der Waals surface area (Å²) in [5.41, 5.74) is 1.80. The SMILES string of the molecule is CCC1(c2ccc(NC(=O)C(=O)NCc3c(C)noc3C)cc2)CCC(=O)NC1=O. The second-order valence-corrected chi connectivity index (χ2v) is 7.33. The lowest BCUT2D eigenvalue weighted by Gasteiger charge is -2.35. The Morgan fingerprint density at radius 2 is 1.87 bits per heavy atom. The topological polar surface area (TPSA) is 130 Å². The average molecular weight is 412 g/mol. The van der Waals surface area contributed by atoms with Crippen molar-refractivity contribution in [3.05, 3.63) is 46.8 Å². The highest BCUT2D eigenvalue weighted by Gasteiger charge is 2.42. The summed E-state index contributed by atoms with van der Waals surface area (Å²) >= 11 is 0. The van der Waals surface area contributed by atoms with Crippen LogP contribution in [0.25, 0.3) is 0 Å². The third kappa shape index (κ3) is 4.10. The van der Waals surface area contributed by atoms with Crippen molar-refractivity contribution in [2.45, 2.75) is 52.0 Å². The van der Waals surface area contributed by atoms with Gasteiger partial charge in [-0.1, -0.05) is 24.2 Å². The normalized spacial score (nSPS) is 18.6. The van der Waals surface area contributed by atoms with Crippen molar-refractivity contribution in [1.29, 1.82) is 0 Å². The van der Waals surface area contributed by atoms with Crippen LogP contribution in [0.1, 0.15) is 48.8 Å². The highest BCUT2D eigenvalue weighted by atomic mass is 16.5. The Bertz CT molecular complexity index is 976. The van der Waals surface area contributed by atoms with Crippen molar-refractivity contribution >= 4 is 29.3 Å². The highest BCUT2D eigenvalue weighted by molar-refractivity contribution is 6.39. The molecule has 1 unspecified atom stereocenters. The molecule has 1 aliphatic heterocycles. The second kappa shape index (κ2) is 8.48. The van der Waals surface area contributed by atoms with E-state index in [1.54, 1.807) is 38.1 Å². The molecule has 1 atom stereocenters. The van der Waals surface area contributed by atoms with Gasteiger partial charge in [0.1, 0.15) is 5.76 Å². The molecule has 0 aliphatic carbocycles. The number of amides is 4. The van der Waals surface area contributed by atoms with E-state index < -0.39 is 17.2 Å². The first-order valence-electron chi connectivity index (χ1n) is 9.72. The molecule has 158 valence electrons. The monoisotopic (exact) mass is 412 g/mol. The molecule has 0 radical (unpaired) electrons. The van der Waals surface area contributed by atoms with E-state index >= 15 is 0 Å². The minimum Gasteiger partial charge on any atom is -0.361 e. The number of aryl methyl sites for hydroxylation is 2. The van der Waals surface area contributed by atoms with Crippen molar-refractivity contribution in [2.24, 2.45) is 0 Å². The number of hydrogen-bond donors (Lipinski definition) is 3. The number of rotatable bonds is 5. The number of benzene rings is 1. The summed E-state index contributed by atoms with van der Waals surface area (Å²) in [6.45, 7) is 5.52. The van der Waals surface area contributed by atoms with Gasteiger partial charge in [-0.05, 0) is 44.4 Å². The van der Waals surface area contributed by atoms with Gasteiger partial charge in [0, 0.05) is 24.2 Å². The number of hydrogen-bond acceptors (Lipinski definition) is 6. The van der Waals surface area contributed by atoms with E-state index in [0.29, 0.717) is 30.0 Å². The Kier molecular flexibility index (Phi) is 6.00. The zero-order valence-electron chi connectivity index (χ0n) is 17.1. The summed E-state index contributed by atoms with van der Waals surface area (Å²) in [4.78, 5) is 48.2. The number of anilines is 1. The molecular formula is C21H24N4O5. The molecule has 2 aromatic rings. The van der Waals surface area contributed by atoms with Gasteiger partial charge >= 0.3 is 11.8 Å². The number of piperidine rings is 1. The fraction of sp³-hybridized carbons (Fsp3) is 0.381. The van der Waals surface area contributed by atoms with Crippen LogP contribution in [0.3, 0.4) is 0 Å². The van der Waals surface area contributed by atoms with Crippen molar-refractivity contribution in [3.63, 3.8) is 0 Å². The van der Waals surface area contributed by atoms with Crippen LogP contribution in [0.4, 0.5) is 5.69 Å². The van der Waals surface area contributed by atoms with E-state index in [-0.39, 0.29) is 24.8 Å². The average Bonchev–Trinajstić information content (AvgIpc) is 3.05. The maximum absolute atomic E-state index is 12.5. The van der Waals surface area contributed by atoms with Gasteiger partial charge in [-0.3, -0.25) is 24.5 Å². The standard InChI is InChI=1S/C21H24N4O5/c1-4-21(10-9-17(26)24-20(21)29)14-5-7-15(8-6-14)23-19(28)18(27)22-11-16-12(2)25-30-13(16)3/h5-8H,4,9-11H2,1-3H3,(H,22,27)(H,23,28)(H,24,26,29). The van der Waals surface area contributed by atoms with Crippen molar-refractivity contribution in [2.75, 3.05) is 5.32 Å². The summed E-state index contributed by atoms with van der Waals surface area (Å²) in [6, 6.07) is 6.73. The molecule has 1 saturated heterocycles. The van der Waals surface area contributed by atoms with Crippen LogP contribution in [-0.4, -0.2) is 28.8 Å². The van der Waals surface area contributed by atoms with Gasteiger partial charge in [0.15, 0.2) is 0 Å². The molecule has 1 aromatic heterocycles. The number of nitrogens with one attached hydrogen (secondary N) is 3. The maximum atomic E-state index is 12.5. The third-order valence-corrected chi connectivity index (χ3v) is 5.58. The van der Waals surface area contributed by atoms with E-state index in [4.69, 9.17) is 4.52 Å². The molecule has 9 nitrogen and oxygen atoms in total. The molecule has 2 heterocycles. The molecule has 30 heavy (non-hydrogen) atoms. The fourth-order valence-corrected chi connectivity index (χ4v) is 3.63. The zero-order chi connectivity index (χ0) is 21.9. The predicted molar refractivity (Wildman–Crippen MR) is 107 cm³/mol. The molecule has 3 N–H and O–H groups in total. The van der Waals surface area contributed by atoms with Gasteiger partial charge in [0.25, 0.3) is 0 Å². The number of carbonyl (C=O) groups is 4. The number of carbonyl (C=O) groups excluding carboxylic acids is 4. The van der Waals surface area contributed by atoms with Crippen LogP contribution >= 0.6 is 0 Å². The largest absolute Gasteiger partial charge is 0.361 e. The second-order valence-electron chi connectivity index (χ2n) is 7.33. The lowest BCUT2D eigenvalue weighted by molar-refractivity contribution is -0.138. The zero-order valence-corrected chi connectivity index (χ0v) is 17.1. The Balaban J connectivity index is 1.63. The summed E-state index contributed by atoms with van der Waals surface area (Å²) in [7, 11) is 0. The van der Waals surface area contributed by atoms with Gasteiger partial charge in [-0.15, -0.1) is 0 Å². The minimum absolute atomic E-state index is 0.138. The van der Waals surface area contributed by atoms with Crippen LogP contribution in [0.15, 0.2) is 28.8 Å². The van der Waals surface area contributed by atoms with Crippen LogP contribution in [0.5, 0.6) is 0 Å². The summed E-state index contributed by atoms with van der Waals surface area (Å²) in [6.07, 6.45) is 1.26. The highest BCUT2D eigenvalue weighted by Crippen LogP contribution is 2.36.